The van der Waals surface area contributed by atoms with Crippen molar-refractivity contribution in [1.29, 1.82) is 0 Å². The van der Waals surface area contributed by atoms with Crippen LogP contribution < -0.4 is 0 Å². The largest absolute Gasteiger partial charge is 0.466 e. The van der Waals surface area contributed by atoms with E-state index in [1.807, 2.05) is 25.2 Å². The number of hydrogen-bond donors (Lipinski definition) is 0. The molecule has 0 saturated heterocycles. The highest BCUT2D eigenvalue weighted by Gasteiger charge is 2.17. The molecule has 1 unspecified atom stereocenters. The van der Waals surface area contributed by atoms with Gasteiger partial charge in [-0.2, -0.15) is 0 Å². The van der Waals surface area contributed by atoms with E-state index < -0.39 is 0 Å². The standard InChI is InChI=1S/C9H11IO2/c1-2-12-9(11)7-3-5-8(10)6-4-7/h3,5-7H,2,4H2,1H3. The Morgan fingerprint density at radius 2 is 2.58 bits per heavy atom. The van der Waals surface area contributed by atoms with E-state index >= 15 is 0 Å². The highest BCUT2D eigenvalue weighted by atomic mass is 127. The third-order valence-electron chi connectivity index (χ3n) is 1.64. The van der Waals surface area contributed by atoms with Crippen LogP contribution in [0.15, 0.2) is 21.8 Å². The number of carbonyl (C=O) groups is 1. The zero-order valence-electron chi connectivity index (χ0n) is 6.92. The van der Waals surface area contributed by atoms with Crippen molar-refractivity contribution in [3.63, 3.8) is 0 Å². The summed E-state index contributed by atoms with van der Waals surface area (Å²) in [4.78, 5) is 11.2. The van der Waals surface area contributed by atoms with Gasteiger partial charge >= 0.3 is 5.97 Å². The first-order valence-corrected chi connectivity index (χ1v) is 5.02. The number of rotatable bonds is 2. The van der Waals surface area contributed by atoms with Crippen molar-refractivity contribution in [3.8, 4) is 0 Å². The van der Waals surface area contributed by atoms with Crippen molar-refractivity contribution >= 4 is 28.6 Å². The molecule has 1 atom stereocenters. The van der Waals surface area contributed by atoms with Crippen LogP contribution in [0, 0.1) is 5.92 Å². The molecule has 0 bridgehead atoms. The predicted octanol–water partition coefficient (Wildman–Crippen LogP) is 2.44. The molecule has 1 rings (SSSR count). The minimum atomic E-state index is -0.117. The summed E-state index contributed by atoms with van der Waals surface area (Å²) in [6.45, 7) is 2.29. The lowest BCUT2D eigenvalue weighted by Crippen LogP contribution is -2.16. The highest BCUT2D eigenvalue weighted by molar-refractivity contribution is 14.1. The van der Waals surface area contributed by atoms with Crippen LogP contribution in [0.5, 0.6) is 0 Å². The fourth-order valence-corrected chi connectivity index (χ4v) is 1.48. The van der Waals surface area contributed by atoms with E-state index in [0.29, 0.717) is 6.61 Å². The number of carbonyl (C=O) groups excluding carboxylic acids is 1. The Balaban J connectivity index is 2.47. The van der Waals surface area contributed by atoms with Crippen LogP contribution in [-0.2, 0) is 9.53 Å². The second-order valence-corrected chi connectivity index (χ2v) is 3.79. The molecule has 0 radical (unpaired) electrons. The SMILES string of the molecule is CCOC(=O)C1C=CC(I)=CC1. The lowest BCUT2D eigenvalue weighted by molar-refractivity contribution is -0.146. The molecule has 0 N–H and O–H groups in total. The van der Waals surface area contributed by atoms with Gasteiger partial charge in [-0.25, -0.2) is 0 Å². The average molecular weight is 278 g/mol. The first-order chi connectivity index (χ1) is 5.74. The molecule has 66 valence electrons. The van der Waals surface area contributed by atoms with Crippen LogP contribution in [0.2, 0.25) is 0 Å². The molecule has 0 amide bonds. The lowest BCUT2D eigenvalue weighted by atomic mass is 10.0. The Kier molecular flexibility index (Phi) is 3.78. The van der Waals surface area contributed by atoms with Gasteiger partial charge in [0.2, 0.25) is 0 Å². The summed E-state index contributed by atoms with van der Waals surface area (Å²) in [7, 11) is 0. The third kappa shape index (κ3) is 2.62. The van der Waals surface area contributed by atoms with E-state index in [4.69, 9.17) is 4.74 Å². The highest BCUT2D eigenvalue weighted by Crippen LogP contribution is 2.21. The van der Waals surface area contributed by atoms with Crippen molar-refractivity contribution in [2.45, 2.75) is 13.3 Å². The second kappa shape index (κ2) is 4.64. The van der Waals surface area contributed by atoms with Crippen LogP contribution in [0.3, 0.4) is 0 Å². The van der Waals surface area contributed by atoms with Crippen molar-refractivity contribution < 1.29 is 9.53 Å². The molecule has 2 nitrogen and oxygen atoms in total. The molecule has 0 aromatic carbocycles. The van der Waals surface area contributed by atoms with Gasteiger partial charge in [0.15, 0.2) is 0 Å². The van der Waals surface area contributed by atoms with Gasteiger partial charge in [-0.1, -0.05) is 18.2 Å². The normalized spacial score (nSPS) is 21.8. The molecule has 12 heavy (non-hydrogen) atoms. The number of ether oxygens (including phenoxy) is 1. The quantitative estimate of drug-likeness (QED) is 0.573. The van der Waals surface area contributed by atoms with Gasteiger partial charge in [0.25, 0.3) is 0 Å². The summed E-state index contributed by atoms with van der Waals surface area (Å²) < 4.78 is 6.08. The molecule has 1 aliphatic rings. The number of hydrogen-bond acceptors (Lipinski definition) is 2. The molecule has 0 aliphatic heterocycles. The number of esters is 1. The molecular formula is C9H11IO2. The van der Waals surface area contributed by atoms with Gasteiger partial charge in [-0.15, -0.1) is 0 Å². The summed E-state index contributed by atoms with van der Waals surface area (Å²) in [6, 6.07) is 0. The second-order valence-electron chi connectivity index (χ2n) is 2.54. The summed E-state index contributed by atoms with van der Waals surface area (Å²) >= 11 is 2.23. The minimum Gasteiger partial charge on any atom is -0.466 e. The molecule has 0 spiro atoms. The van der Waals surface area contributed by atoms with E-state index in [1.165, 1.54) is 3.58 Å². The maximum Gasteiger partial charge on any atom is 0.313 e. The molecule has 0 aromatic heterocycles. The summed E-state index contributed by atoms with van der Waals surface area (Å²) in [5.74, 6) is -0.183. The van der Waals surface area contributed by atoms with Gasteiger partial charge in [0.1, 0.15) is 0 Å². The summed E-state index contributed by atoms with van der Waals surface area (Å²) in [6.07, 6.45) is 6.67. The van der Waals surface area contributed by atoms with E-state index in [9.17, 15) is 4.79 Å². The third-order valence-corrected chi connectivity index (χ3v) is 2.44. The smallest absolute Gasteiger partial charge is 0.313 e. The number of halogens is 1. The summed E-state index contributed by atoms with van der Waals surface area (Å²) in [5, 5.41) is 0. The molecule has 3 heteroatoms. The van der Waals surface area contributed by atoms with Gasteiger partial charge in [-0.3, -0.25) is 4.79 Å². The zero-order chi connectivity index (χ0) is 8.97. The minimum absolute atomic E-state index is 0.0662. The molecule has 0 fully saturated rings. The van der Waals surface area contributed by atoms with Crippen LogP contribution in [0.25, 0.3) is 0 Å². The molecule has 1 aliphatic carbocycles. The topological polar surface area (TPSA) is 26.3 Å². The first-order valence-electron chi connectivity index (χ1n) is 3.94. The van der Waals surface area contributed by atoms with Gasteiger partial charge < -0.3 is 4.74 Å². The maximum atomic E-state index is 11.2. The van der Waals surface area contributed by atoms with Crippen LogP contribution in [0.4, 0.5) is 0 Å². The fourth-order valence-electron chi connectivity index (χ4n) is 1.02. The Morgan fingerprint density at radius 3 is 3.08 bits per heavy atom. The van der Waals surface area contributed by atoms with Crippen molar-refractivity contribution in [2.75, 3.05) is 6.61 Å². The van der Waals surface area contributed by atoms with E-state index in [0.717, 1.165) is 6.42 Å². The Morgan fingerprint density at radius 1 is 1.83 bits per heavy atom. The van der Waals surface area contributed by atoms with E-state index in [-0.39, 0.29) is 11.9 Å². The first kappa shape index (κ1) is 9.77. The Labute approximate surface area is 85.8 Å². The van der Waals surface area contributed by atoms with Crippen molar-refractivity contribution in [1.82, 2.24) is 0 Å². The van der Waals surface area contributed by atoms with Gasteiger partial charge in [-0.05, 0) is 35.9 Å². The van der Waals surface area contributed by atoms with Crippen LogP contribution in [-0.4, -0.2) is 12.6 Å². The molecular weight excluding hydrogens is 267 g/mol. The van der Waals surface area contributed by atoms with Crippen LogP contribution >= 0.6 is 22.6 Å². The molecule has 0 aromatic rings. The maximum absolute atomic E-state index is 11.2. The molecule has 0 heterocycles. The monoisotopic (exact) mass is 278 g/mol. The summed E-state index contributed by atoms with van der Waals surface area (Å²) in [5.41, 5.74) is 0. The fraction of sp³-hybridized carbons (Fsp3) is 0.444. The predicted molar refractivity (Wildman–Crippen MR) is 56.0 cm³/mol. The average Bonchev–Trinajstić information content (AvgIpc) is 2.06. The van der Waals surface area contributed by atoms with Gasteiger partial charge in [0, 0.05) is 3.58 Å². The lowest BCUT2D eigenvalue weighted by Gasteiger charge is -2.12. The number of allylic oxidation sites excluding steroid dienone is 3. The van der Waals surface area contributed by atoms with Crippen LogP contribution in [0.1, 0.15) is 13.3 Å². The van der Waals surface area contributed by atoms with E-state index in [2.05, 4.69) is 22.6 Å². The Bertz CT molecular complexity index is 231. The van der Waals surface area contributed by atoms with E-state index in [1.54, 1.807) is 0 Å². The van der Waals surface area contributed by atoms with Gasteiger partial charge in [0.05, 0.1) is 12.5 Å². The molecule has 0 saturated carbocycles. The van der Waals surface area contributed by atoms with Crippen molar-refractivity contribution in [2.24, 2.45) is 5.92 Å². The zero-order valence-corrected chi connectivity index (χ0v) is 9.08. The Hall–Kier alpha value is -0.320. The van der Waals surface area contributed by atoms with Crippen molar-refractivity contribution in [3.05, 3.63) is 21.8 Å².